The van der Waals surface area contributed by atoms with Crippen LogP contribution in [0.2, 0.25) is 0 Å². The Morgan fingerprint density at radius 3 is 2.52 bits per heavy atom. The number of esters is 1. The molecule has 2 aromatic carbocycles. The fraction of sp³-hybridized carbons (Fsp3) is 0.238. The molecule has 7 nitrogen and oxygen atoms in total. The van der Waals surface area contributed by atoms with Crippen LogP contribution in [0.15, 0.2) is 48.5 Å². The van der Waals surface area contributed by atoms with Crippen molar-refractivity contribution in [3.63, 3.8) is 0 Å². The highest BCUT2D eigenvalue weighted by Gasteiger charge is 2.18. The molecule has 8 heteroatoms. The molecule has 3 rings (SSSR count). The summed E-state index contributed by atoms with van der Waals surface area (Å²) in [6.45, 7) is 3.01. The molecule has 0 bridgehead atoms. The highest BCUT2D eigenvalue weighted by molar-refractivity contribution is 7.21. The van der Waals surface area contributed by atoms with Crippen molar-refractivity contribution >= 4 is 39.3 Å². The van der Waals surface area contributed by atoms with Gasteiger partial charge in [-0.15, -0.1) is 11.3 Å². The number of para-hydroxylation sites is 1. The number of aromatic nitrogens is 1. The van der Waals surface area contributed by atoms with Gasteiger partial charge in [0.1, 0.15) is 5.01 Å². The predicted octanol–water partition coefficient (Wildman–Crippen LogP) is 2.76. The minimum Gasteiger partial charge on any atom is -0.452 e. The number of ether oxygens (including phenoxy) is 1. The van der Waals surface area contributed by atoms with Gasteiger partial charge in [-0.3, -0.25) is 9.59 Å². The second kappa shape index (κ2) is 9.29. The molecule has 2 amide bonds. The summed E-state index contributed by atoms with van der Waals surface area (Å²) in [6.07, 6.45) is 0. The zero-order valence-electron chi connectivity index (χ0n) is 16.1. The van der Waals surface area contributed by atoms with Crippen LogP contribution in [-0.2, 0) is 14.3 Å². The number of amides is 2. The van der Waals surface area contributed by atoms with E-state index in [1.165, 1.54) is 11.3 Å². The van der Waals surface area contributed by atoms with Crippen molar-refractivity contribution in [3.8, 4) is 10.6 Å². The standard InChI is InChI=1S/C21H21N3O4S/c1-13(2)23-18(25)11-22-19(26)12-28-21(27)15-8-4-3-7-14(15)20-24-16-9-5-6-10-17(16)29-20/h3-10,13H,11-12H2,1-2H3,(H,22,26)(H,23,25). The van der Waals surface area contributed by atoms with Gasteiger partial charge in [0, 0.05) is 11.6 Å². The highest BCUT2D eigenvalue weighted by atomic mass is 32.1. The number of nitrogens with one attached hydrogen (secondary N) is 2. The quantitative estimate of drug-likeness (QED) is 0.583. The van der Waals surface area contributed by atoms with Gasteiger partial charge in [0.15, 0.2) is 6.61 Å². The van der Waals surface area contributed by atoms with Crippen molar-refractivity contribution < 1.29 is 19.1 Å². The number of carbonyl (C=O) groups is 3. The van der Waals surface area contributed by atoms with Crippen LogP contribution < -0.4 is 10.6 Å². The normalized spacial score (nSPS) is 10.7. The topological polar surface area (TPSA) is 97.4 Å². The van der Waals surface area contributed by atoms with Crippen LogP contribution in [0.25, 0.3) is 20.8 Å². The van der Waals surface area contributed by atoms with E-state index in [0.29, 0.717) is 16.1 Å². The number of hydrogen-bond donors (Lipinski definition) is 2. The fourth-order valence-electron chi connectivity index (χ4n) is 2.65. The Bertz CT molecular complexity index is 1010. The number of rotatable bonds is 7. The van der Waals surface area contributed by atoms with E-state index in [4.69, 9.17) is 4.74 Å². The largest absolute Gasteiger partial charge is 0.452 e. The maximum absolute atomic E-state index is 12.5. The molecular formula is C21H21N3O4S. The summed E-state index contributed by atoms with van der Waals surface area (Å²) in [7, 11) is 0. The Morgan fingerprint density at radius 1 is 1.03 bits per heavy atom. The second-order valence-electron chi connectivity index (χ2n) is 6.61. The van der Waals surface area contributed by atoms with Crippen LogP contribution in [0.4, 0.5) is 0 Å². The number of carbonyl (C=O) groups excluding carboxylic acids is 3. The van der Waals surface area contributed by atoms with Crippen molar-refractivity contribution in [1.82, 2.24) is 15.6 Å². The van der Waals surface area contributed by atoms with Crippen LogP contribution in [0.3, 0.4) is 0 Å². The van der Waals surface area contributed by atoms with Gasteiger partial charge in [-0.25, -0.2) is 9.78 Å². The Morgan fingerprint density at radius 2 is 1.76 bits per heavy atom. The molecule has 0 aliphatic heterocycles. The second-order valence-corrected chi connectivity index (χ2v) is 7.64. The van der Waals surface area contributed by atoms with Crippen LogP contribution >= 0.6 is 11.3 Å². The number of nitrogens with zero attached hydrogens (tertiary/aromatic N) is 1. The maximum Gasteiger partial charge on any atom is 0.339 e. The fourth-order valence-corrected chi connectivity index (χ4v) is 3.65. The first kappa shape index (κ1) is 20.5. The van der Waals surface area contributed by atoms with E-state index in [1.807, 2.05) is 44.2 Å². The summed E-state index contributed by atoms with van der Waals surface area (Å²) in [5.41, 5.74) is 1.84. The lowest BCUT2D eigenvalue weighted by atomic mass is 10.1. The van der Waals surface area contributed by atoms with Crippen LogP contribution in [-0.4, -0.2) is 42.0 Å². The molecule has 0 atom stereocenters. The van der Waals surface area contributed by atoms with Gasteiger partial charge >= 0.3 is 5.97 Å². The van der Waals surface area contributed by atoms with Gasteiger partial charge in [0.25, 0.3) is 5.91 Å². The summed E-state index contributed by atoms with van der Waals surface area (Å²) in [4.78, 5) is 40.5. The first-order valence-electron chi connectivity index (χ1n) is 9.12. The first-order chi connectivity index (χ1) is 13.9. The molecule has 0 aliphatic rings. The Kier molecular flexibility index (Phi) is 6.56. The Labute approximate surface area is 172 Å². The molecule has 0 saturated carbocycles. The molecule has 0 spiro atoms. The minimum absolute atomic E-state index is 0.0174. The zero-order valence-corrected chi connectivity index (χ0v) is 16.9. The summed E-state index contributed by atoms with van der Waals surface area (Å²) in [6, 6.07) is 14.7. The molecule has 3 aromatic rings. The lowest BCUT2D eigenvalue weighted by Crippen LogP contribution is -2.41. The van der Waals surface area contributed by atoms with E-state index in [9.17, 15) is 14.4 Å². The molecular weight excluding hydrogens is 390 g/mol. The third kappa shape index (κ3) is 5.39. The average Bonchev–Trinajstić information content (AvgIpc) is 3.14. The van der Waals surface area contributed by atoms with Crippen LogP contribution in [0.5, 0.6) is 0 Å². The first-order valence-corrected chi connectivity index (χ1v) is 9.94. The Hall–Kier alpha value is -3.26. The lowest BCUT2D eigenvalue weighted by Gasteiger charge is -2.10. The molecule has 1 heterocycles. The van der Waals surface area contributed by atoms with E-state index in [0.717, 1.165) is 10.2 Å². The van der Waals surface area contributed by atoms with Gasteiger partial charge in [-0.05, 0) is 32.0 Å². The van der Waals surface area contributed by atoms with Gasteiger partial charge in [-0.2, -0.15) is 0 Å². The monoisotopic (exact) mass is 411 g/mol. The number of thiazole rings is 1. The van der Waals surface area contributed by atoms with Crippen molar-refractivity contribution in [3.05, 3.63) is 54.1 Å². The number of fused-ring (bicyclic) bond motifs is 1. The summed E-state index contributed by atoms with van der Waals surface area (Å²) in [5, 5.41) is 5.78. The molecule has 150 valence electrons. The SMILES string of the molecule is CC(C)NC(=O)CNC(=O)COC(=O)c1ccccc1-c1nc2ccccc2s1. The summed E-state index contributed by atoms with van der Waals surface area (Å²) in [5.74, 6) is -1.47. The van der Waals surface area contributed by atoms with E-state index >= 15 is 0 Å². The average molecular weight is 411 g/mol. The van der Waals surface area contributed by atoms with Gasteiger partial charge < -0.3 is 15.4 Å². The van der Waals surface area contributed by atoms with Crippen molar-refractivity contribution in [2.24, 2.45) is 0 Å². The summed E-state index contributed by atoms with van der Waals surface area (Å²) < 4.78 is 6.15. The molecule has 0 fully saturated rings. The molecule has 0 saturated heterocycles. The molecule has 0 radical (unpaired) electrons. The smallest absolute Gasteiger partial charge is 0.339 e. The third-order valence-electron chi connectivity index (χ3n) is 3.90. The number of hydrogen-bond acceptors (Lipinski definition) is 6. The third-order valence-corrected chi connectivity index (χ3v) is 4.97. The van der Waals surface area contributed by atoms with Crippen molar-refractivity contribution in [1.29, 1.82) is 0 Å². The molecule has 0 aliphatic carbocycles. The highest BCUT2D eigenvalue weighted by Crippen LogP contribution is 2.32. The minimum atomic E-state index is -0.623. The molecule has 29 heavy (non-hydrogen) atoms. The van der Waals surface area contributed by atoms with Gasteiger partial charge in [0.2, 0.25) is 5.91 Å². The van der Waals surface area contributed by atoms with Crippen molar-refractivity contribution in [2.75, 3.05) is 13.2 Å². The van der Waals surface area contributed by atoms with Gasteiger partial charge in [0.05, 0.1) is 22.3 Å². The van der Waals surface area contributed by atoms with Crippen LogP contribution in [0.1, 0.15) is 24.2 Å². The van der Waals surface area contributed by atoms with E-state index in [1.54, 1.807) is 18.2 Å². The van der Waals surface area contributed by atoms with E-state index in [2.05, 4.69) is 15.6 Å². The summed E-state index contributed by atoms with van der Waals surface area (Å²) >= 11 is 1.48. The van der Waals surface area contributed by atoms with E-state index < -0.39 is 18.5 Å². The maximum atomic E-state index is 12.5. The van der Waals surface area contributed by atoms with Gasteiger partial charge in [-0.1, -0.05) is 30.3 Å². The Balaban J connectivity index is 1.64. The van der Waals surface area contributed by atoms with Crippen molar-refractivity contribution in [2.45, 2.75) is 19.9 Å². The zero-order chi connectivity index (χ0) is 20.8. The van der Waals surface area contributed by atoms with Crippen LogP contribution in [0, 0.1) is 0 Å². The van der Waals surface area contributed by atoms with E-state index in [-0.39, 0.29) is 18.5 Å². The predicted molar refractivity (Wildman–Crippen MR) is 112 cm³/mol. The molecule has 2 N–H and O–H groups in total. The molecule has 1 aromatic heterocycles. The lowest BCUT2D eigenvalue weighted by molar-refractivity contribution is -0.128. The molecule has 0 unspecified atom stereocenters. The number of benzene rings is 2.